The maximum atomic E-state index is 4.98. The second kappa shape index (κ2) is 14.3. The first kappa shape index (κ1) is 33.1. The standard InChI is InChI=1S/C33H20N2.C15H10N.Ir/c1-2-12-25(13-3-1)33(30-18-7-6-16-28(30)29-17-9-20-35-32(29)33)26-14-8-11-24(22-26)31-27-15-5-4-10-23(27)19-21-34-31;1-2-7-13(8-3-1)15-14-9-5-4-6-12(14)10-11-16-15;/h1-12,14-21H;1-7,9-11H;/q-2;-1;+3/t33-;;/m0../s1. The minimum Gasteiger partial charge on any atom is -0.304 e. The topological polar surface area (TPSA) is 38.7 Å². The summed E-state index contributed by atoms with van der Waals surface area (Å²) in [6.07, 6.45) is 5.61. The van der Waals surface area contributed by atoms with Gasteiger partial charge >= 0.3 is 20.1 Å². The Bertz CT molecular complexity index is 2600. The van der Waals surface area contributed by atoms with E-state index < -0.39 is 5.41 Å². The van der Waals surface area contributed by atoms with E-state index in [4.69, 9.17) is 9.97 Å². The third kappa shape index (κ3) is 5.63. The third-order valence-corrected chi connectivity index (χ3v) is 9.66. The molecule has 52 heavy (non-hydrogen) atoms. The molecular formula is C48H30IrN3. The van der Waals surface area contributed by atoms with E-state index in [-0.39, 0.29) is 20.1 Å². The van der Waals surface area contributed by atoms with Crippen molar-refractivity contribution in [1.82, 2.24) is 15.0 Å². The van der Waals surface area contributed by atoms with Gasteiger partial charge in [0.2, 0.25) is 0 Å². The predicted molar refractivity (Wildman–Crippen MR) is 206 cm³/mol. The minimum absolute atomic E-state index is 0. The molecule has 1 atom stereocenters. The Balaban J connectivity index is 0.000000191. The first-order chi connectivity index (χ1) is 25.3. The van der Waals surface area contributed by atoms with Crippen LogP contribution in [0.4, 0.5) is 0 Å². The van der Waals surface area contributed by atoms with Crippen LogP contribution in [0.2, 0.25) is 0 Å². The molecule has 4 heteroatoms. The molecule has 0 saturated heterocycles. The van der Waals surface area contributed by atoms with Crippen molar-refractivity contribution in [3.8, 4) is 33.6 Å². The van der Waals surface area contributed by atoms with E-state index in [1.165, 1.54) is 27.3 Å². The summed E-state index contributed by atoms with van der Waals surface area (Å²) in [4.78, 5) is 14.2. The quantitative estimate of drug-likeness (QED) is 0.166. The van der Waals surface area contributed by atoms with Crippen LogP contribution < -0.4 is 0 Å². The molecule has 0 saturated carbocycles. The molecule has 3 aromatic heterocycles. The summed E-state index contributed by atoms with van der Waals surface area (Å²) in [5, 5.41) is 4.67. The summed E-state index contributed by atoms with van der Waals surface area (Å²) < 4.78 is 0. The molecule has 0 bridgehead atoms. The summed E-state index contributed by atoms with van der Waals surface area (Å²) in [6.45, 7) is 0. The smallest absolute Gasteiger partial charge is 0.304 e. The van der Waals surface area contributed by atoms with Gasteiger partial charge in [0.25, 0.3) is 0 Å². The molecule has 0 unspecified atom stereocenters. The van der Waals surface area contributed by atoms with E-state index in [2.05, 4.69) is 126 Å². The van der Waals surface area contributed by atoms with E-state index in [0.29, 0.717) is 0 Å². The average Bonchev–Trinajstić information content (AvgIpc) is 3.52. The van der Waals surface area contributed by atoms with Gasteiger partial charge in [-0.25, -0.2) is 0 Å². The molecule has 6 aromatic carbocycles. The van der Waals surface area contributed by atoms with Crippen molar-refractivity contribution in [2.45, 2.75) is 5.41 Å². The Kier molecular flexibility index (Phi) is 9.09. The Morgan fingerprint density at radius 3 is 1.73 bits per heavy atom. The van der Waals surface area contributed by atoms with Crippen molar-refractivity contribution in [3.05, 3.63) is 223 Å². The van der Waals surface area contributed by atoms with Gasteiger partial charge in [0.15, 0.2) is 0 Å². The Morgan fingerprint density at radius 2 is 1.02 bits per heavy atom. The summed E-state index contributed by atoms with van der Waals surface area (Å²) in [5.41, 5.74) is 10.0. The van der Waals surface area contributed by atoms with Crippen molar-refractivity contribution in [2.24, 2.45) is 0 Å². The van der Waals surface area contributed by atoms with Gasteiger partial charge in [-0.3, -0.25) is 4.98 Å². The van der Waals surface area contributed by atoms with Gasteiger partial charge in [-0.2, -0.15) is 30.3 Å². The van der Waals surface area contributed by atoms with Gasteiger partial charge in [-0.05, 0) is 62.3 Å². The normalized spacial score (nSPS) is 14.1. The van der Waals surface area contributed by atoms with Crippen LogP contribution in [-0.4, -0.2) is 15.0 Å². The Hall–Kier alpha value is -6.06. The number of hydrogen-bond acceptors (Lipinski definition) is 3. The molecule has 246 valence electrons. The zero-order valence-electron chi connectivity index (χ0n) is 28.0. The van der Waals surface area contributed by atoms with Crippen LogP contribution in [-0.2, 0) is 25.5 Å². The molecular weight excluding hydrogens is 811 g/mol. The second-order valence-electron chi connectivity index (χ2n) is 12.5. The average molecular weight is 841 g/mol. The Labute approximate surface area is 317 Å². The monoisotopic (exact) mass is 841 g/mol. The summed E-state index contributed by atoms with van der Waals surface area (Å²) >= 11 is 0. The number of pyridine rings is 3. The maximum absolute atomic E-state index is 4.98. The molecule has 0 spiro atoms. The molecule has 0 fully saturated rings. The van der Waals surface area contributed by atoms with Crippen LogP contribution in [0, 0.1) is 18.2 Å². The van der Waals surface area contributed by atoms with Gasteiger partial charge < -0.3 is 9.97 Å². The van der Waals surface area contributed by atoms with Gasteiger partial charge in [0.05, 0.1) is 5.69 Å². The first-order valence-corrected chi connectivity index (χ1v) is 17.0. The van der Waals surface area contributed by atoms with Crippen molar-refractivity contribution in [3.63, 3.8) is 0 Å². The molecule has 0 amide bonds. The van der Waals surface area contributed by atoms with Crippen molar-refractivity contribution < 1.29 is 20.1 Å². The van der Waals surface area contributed by atoms with Crippen LogP contribution in [0.3, 0.4) is 0 Å². The fourth-order valence-electron chi connectivity index (χ4n) is 7.45. The molecule has 3 nitrogen and oxygen atoms in total. The Morgan fingerprint density at radius 1 is 0.423 bits per heavy atom. The molecule has 9 aromatic rings. The summed E-state index contributed by atoms with van der Waals surface area (Å²) in [6, 6.07) is 66.6. The zero-order valence-corrected chi connectivity index (χ0v) is 30.4. The predicted octanol–water partition coefficient (Wildman–Crippen LogP) is 11.0. The zero-order chi connectivity index (χ0) is 34.0. The van der Waals surface area contributed by atoms with Crippen molar-refractivity contribution in [1.29, 1.82) is 0 Å². The van der Waals surface area contributed by atoms with Gasteiger partial charge in [0.1, 0.15) is 0 Å². The molecule has 0 radical (unpaired) electrons. The molecule has 1 aliphatic carbocycles. The van der Waals surface area contributed by atoms with Crippen LogP contribution >= 0.6 is 0 Å². The molecule has 0 aliphatic heterocycles. The minimum atomic E-state index is -0.616. The molecule has 0 N–H and O–H groups in total. The maximum Gasteiger partial charge on any atom is 3.00 e. The largest absolute Gasteiger partial charge is 3.00 e. The molecule has 10 rings (SSSR count). The van der Waals surface area contributed by atoms with E-state index in [1.807, 2.05) is 79.3 Å². The SMILES string of the molecule is [Ir+3].[c-]1ccccc1-c1nccc2ccccc12.[c-]1ccccc1[C@]1(c2[c-]c(-c3nccc4ccccc34)ccc2)c2ccccc2-c2cccnc21. The first-order valence-electron chi connectivity index (χ1n) is 17.0. The van der Waals surface area contributed by atoms with Crippen LogP contribution in [0.1, 0.15) is 22.4 Å². The second-order valence-corrected chi connectivity index (χ2v) is 12.5. The number of fused-ring (bicyclic) bond motifs is 5. The van der Waals surface area contributed by atoms with Crippen LogP contribution in [0.15, 0.2) is 182 Å². The van der Waals surface area contributed by atoms with Gasteiger partial charge in [0, 0.05) is 29.6 Å². The van der Waals surface area contributed by atoms with E-state index >= 15 is 0 Å². The fourth-order valence-corrected chi connectivity index (χ4v) is 7.45. The molecule has 3 heterocycles. The van der Waals surface area contributed by atoms with E-state index in [0.717, 1.165) is 50.3 Å². The molecule has 1 aliphatic rings. The van der Waals surface area contributed by atoms with Gasteiger partial charge in [-0.15, -0.1) is 76.9 Å². The number of nitrogens with zero attached hydrogens (tertiary/aromatic N) is 3. The van der Waals surface area contributed by atoms with Crippen LogP contribution in [0.25, 0.3) is 55.2 Å². The van der Waals surface area contributed by atoms with Crippen molar-refractivity contribution >= 4 is 21.5 Å². The number of hydrogen-bond donors (Lipinski definition) is 0. The van der Waals surface area contributed by atoms with Crippen LogP contribution in [0.5, 0.6) is 0 Å². The number of rotatable bonds is 4. The van der Waals surface area contributed by atoms with Crippen molar-refractivity contribution in [2.75, 3.05) is 0 Å². The third-order valence-electron chi connectivity index (χ3n) is 9.66. The number of aromatic nitrogens is 3. The van der Waals surface area contributed by atoms with E-state index in [1.54, 1.807) is 0 Å². The fraction of sp³-hybridized carbons (Fsp3) is 0.0208. The summed E-state index contributed by atoms with van der Waals surface area (Å²) in [7, 11) is 0. The number of benzene rings is 6. The summed E-state index contributed by atoms with van der Waals surface area (Å²) in [5.74, 6) is 0. The van der Waals surface area contributed by atoms with Gasteiger partial charge in [-0.1, -0.05) is 78.9 Å². The van der Waals surface area contributed by atoms with E-state index in [9.17, 15) is 0 Å².